The highest BCUT2D eigenvalue weighted by atomic mass is 16.6. The molecule has 0 saturated carbocycles. The zero-order chi connectivity index (χ0) is 18.2. The van der Waals surface area contributed by atoms with Gasteiger partial charge < -0.3 is 20.3 Å². The van der Waals surface area contributed by atoms with Crippen LogP contribution in [0.3, 0.4) is 0 Å². The molecule has 2 fully saturated rings. The van der Waals surface area contributed by atoms with Crippen molar-refractivity contribution in [2.75, 3.05) is 51.2 Å². The van der Waals surface area contributed by atoms with Gasteiger partial charge in [-0.05, 0) is 18.6 Å². The quantitative estimate of drug-likeness (QED) is 0.883. The summed E-state index contributed by atoms with van der Waals surface area (Å²) in [5.74, 6) is -0.333. The number of carbonyl (C=O) groups excluding carboxylic acids is 2. The third kappa shape index (κ3) is 6.26. The van der Waals surface area contributed by atoms with Gasteiger partial charge in [-0.3, -0.25) is 9.69 Å². The molecule has 1 atom stereocenters. The van der Waals surface area contributed by atoms with Gasteiger partial charge in [-0.1, -0.05) is 18.2 Å². The Balaban J connectivity index is 0.000000511. The van der Waals surface area contributed by atoms with Crippen LogP contribution in [-0.4, -0.2) is 74.2 Å². The molecular weight excluding hydrogens is 320 g/mol. The van der Waals surface area contributed by atoms with Gasteiger partial charge in [0.15, 0.2) is 0 Å². The topological polar surface area (TPSA) is 79.1 Å². The van der Waals surface area contributed by atoms with E-state index >= 15 is 0 Å². The third-order valence-electron chi connectivity index (χ3n) is 4.32. The molecule has 0 bridgehead atoms. The molecule has 2 amide bonds. The van der Waals surface area contributed by atoms with Crippen molar-refractivity contribution >= 4 is 17.7 Å². The van der Waals surface area contributed by atoms with Crippen LogP contribution in [0.5, 0.6) is 0 Å². The van der Waals surface area contributed by atoms with Crippen LogP contribution < -0.4 is 10.6 Å². The standard InChI is InChI=1S/C16H23N3O2.C2H5NO/c1-17-13-15(21-16(17)20)7-8-18-9-11-19(12-10-18)14-5-3-2-4-6-14;1-2(3)4/h2-6,15H,7-13H2,1H3;1H3,(H2,3,4). The molecule has 2 heterocycles. The molecule has 0 radical (unpaired) electrons. The number of hydrogen-bond donors (Lipinski definition) is 1. The second-order valence-corrected chi connectivity index (χ2v) is 6.45. The lowest BCUT2D eigenvalue weighted by Gasteiger charge is -2.36. The minimum absolute atomic E-state index is 0.0645. The summed E-state index contributed by atoms with van der Waals surface area (Å²) in [6, 6.07) is 10.6. The van der Waals surface area contributed by atoms with Crippen molar-refractivity contribution in [1.29, 1.82) is 0 Å². The fourth-order valence-corrected chi connectivity index (χ4v) is 3.00. The molecule has 7 heteroatoms. The van der Waals surface area contributed by atoms with E-state index < -0.39 is 0 Å². The van der Waals surface area contributed by atoms with Gasteiger partial charge in [-0.25, -0.2) is 4.79 Å². The van der Waals surface area contributed by atoms with E-state index in [0.717, 1.165) is 45.7 Å². The van der Waals surface area contributed by atoms with Crippen LogP contribution in [0, 0.1) is 0 Å². The second-order valence-electron chi connectivity index (χ2n) is 6.45. The number of likely N-dealkylation sites (N-methyl/N-ethyl adjacent to an activating group) is 1. The number of benzene rings is 1. The maximum absolute atomic E-state index is 11.3. The summed E-state index contributed by atoms with van der Waals surface area (Å²) in [6.45, 7) is 7.32. The van der Waals surface area contributed by atoms with E-state index in [1.807, 2.05) is 0 Å². The molecule has 2 saturated heterocycles. The average Bonchev–Trinajstić information content (AvgIpc) is 2.92. The number of carbonyl (C=O) groups is 2. The molecule has 1 unspecified atom stereocenters. The number of ether oxygens (including phenoxy) is 1. The molecule has 1 aromatic carbocycles. The zero-order valence-electron chi connectivity index (χ0n) is 15.1. The van der Waals surface area contributed by atoms with Crippen LogP contribution in [0.25, 0.3) is 0 Å². The van der Waals surface area contributed by atoms with Crippen molar-refractivity contribution in [3.63, 3.8) is 0 Å². The second kappa shape index (κ2) is 9.27. The van der Waals surface area contributed by atoms with E-state index in [4.69, 9.17) is 4.74 Å². The predicted octanol–water partition coefficient (Wildman–Crippen LogP) is 1.14. The van der Waals surface area contributed by atoms with Gasteiger partial charge in [0, 0.05) is 52.4 Å². The van der Waals surface area contributed by atoms with E-state index in [1.165, 1.54) is 12.6 Å². The first-order chi connectivity index (χ1) is 12.0. The lowest BCUT2D eigenvalue weighted by Crippen LogP contribution is -2.47. The van der Waals surface area contributed by atoms with E-state index in [-0.39, 0.29) is 18.1 Å². The summed E-state index contributed by atoms with van der Waals surface area (Å²) in [6.07, 6.45) is 0.810. The van der Waals surface area contributed by atoms with Gasteiger partial charge >= 0.3 is 6.09 Å². The van der Waals surface area contributed by atoms with Crippen molar-refractivity contribution in [2.45, 2.75) is 19.4 Å². The molecule has 3 rings (SSSR count). The summed E-state index contributed by atoms with van der Waals surface area (Å²) in [7, 11) is 1.79. The van der Waals surface area contributed by atoms with Crippen molar-refractivity contribution in [1.82, 2.24) is 9.80 Å². The van der Waals surface area contributed by atoms with E-state index in [9.17, 15) is 9.59 Å². The fourth-order valence-electron chi connectivity index (χ4n) is 3.00. The van der Waals surface area contributed by atoms with Crippen LogP contribution in [0.1, 0.15) is 13.3 Å². The lowest BCUT2D eigenvalue weighted by molar-refractivity contribution is -0.115. The Morgan fingerprint density at radius 3 is 2.32 bits per heavy atom. The maximum Gasteiger partial charge on any atom is 0.409 e. The van der Waals surface area contributed by atoms with Gasteiger partial charge in [0.2, 0.25) is 5.91 Å². The molecule has 0 spiro atoms. The number of anilines is 1. The van der Waals surface area contributed by atoms with Crippen molar-refractivity contribution in [3.8, 4) is 0 Å². The van der Waals surface area contributed by atoms with Crippen LogP contribution in [0.15, 0.2) is 30.3 Å². The SMILES string of the molecule is CC(N)=O.CN1CC(CCN2CCN(c3ccccc3)CC2)OC1=O. The molecule has 2 aliphatic heterocycles. The lowest BCUT2D eigenvalue weighted by atomic mass is 10.2. The molecule has 1 aromatic rings. The normalized spacial score (nSPS) is 20.7. The Bertz CT molecular complexity index is 555. The van der Waals surface area contributed by atoms with Crippen molar-refractivity contribution in [3.05, 3.63) is 30.3 Å². The van der Waals surface area contributed by atoms with Gasteiger partial charge in [0.05, 0.1) is 6.54 Å². The number of amides is 2. The van der Waals surface area contributed by atoms with E-state index in [0.29, 0.717) is 0 Å². The number of primary amides is 1. The minimum Gasteiger partial charge on any atom is -0.444 e. The monoisotopic (exact) mass is 348 g/mol. The summed E-state index contributed by atoms with van der Waals surface area (Å²) < 4.78 is 5.30. The molecular formula is C18H28N4O3. The summed E-state index contributed by atoms with van der Waals surface area (Å²) in [5, 5.41) is 0. The number of rotatable bonds is 4. The molecule has 2 N–H and O–H groups in total. The van der Waals surface area contributed by atoms with Gasteiger partial charge in [0.1, 0.15) is 6.10 Å². The average molecular weight is 348 g/mol. The van der Waals surface area contributed by atoms with E-state index in [2.05, 4.69) is 45.9 Å². The van der Waals surface area contributed by atoms with Crippen LogP contribution in [-0.2, 0) is 9.53 Å². The maximum atomic E-state index is 11.3. The Hall–Kier alpha value is -2.28. The van der Waals surface area contributed by atoms with Crippen LogP contribution >= 0.6 is 0 Å². The number of hydrogen-bond acceptors (Lipinski definition) is 5. The summed E-state index contributed by atoms with van der Waals surface area (Å²) in [5.41, 5.74) is 5.78. The summed E-state index contributed by atoms with van der Waals surface area (Å²) in [4.78, 5) is 27.1. The Kier molecular flexibility index (Phi) is 7.06. The number of nitrogens with two attached hydrogens (primary N) is 1. The van der Waals surface area contributed by atoms with E-state index in [1.54, 1.807) is 11.9 Å². The Labute approximate surface area is 149 Å². The number of nitrogens with zero attached hydrogens (tertiary/aromatic N) is 3. The molecule has 7 nitrogen and oxygen atoms in total. The van der Waals surface area contributed by atoms with Gasteiger partial charge in [-0.15, -0.1) is 0 Å². The fraction of sp³-hybridized carbons (Fsp3) is 0.556. The van der Waals surface area contributed by atoms with Crippen molar-refractivity contribution in [2.24, 2.45) is 5.73 Å². The largest absolute Gasteiger partial charge is 0.444 e. The smallest absolute Gasteiger partial charge is 0.409 e. The first-order valence-electron chi connectivity index (χ1n) is 8.66. The number of piperazine rings is 1. The minimum atomic E-state index is -0.333. The highest BCUT2D eigenvalue weighted by Crippen LogP contribution is 2.17. The van der Waals surface area contributed by atoms with Crippen molar-refractivity contribution < 1.29 is 14.3 Å². The van der Waals surface area contributed by atoms with Crippen LogP contribution in [0.4, 0.5) is 10.5 Å². The first-order valence-corrected chi connectivity index (χ1v) is 8.66. The molecule has 25 heavy (non-hydrogen) atoms. The molecule has 2 aliphatic rings. The molecule has 138 valence electrons. The summed E-state index contributed by atoms with van der Waals surface area (Å²) >= 11 is 0. The number of para-hydroxylation sites is 1. The zero-order valence-corrected chi connectivity index (χ0v) is 15.1. The first kappa shape index (κ1) is 19.1. The highest BCUT2D eigenvalue weighted by Gasteiger charge is 2.28. The van der Waals surface area contributed by atoms with Crippen LogP contribution in [0.2, 0.25) is 0 Å². The third-order valence-corrected chi connectivity index (χ3v) is 4.32. The van der Waals surface area contributed by atoms with Gasteiger partial charge in [0.25, 0.3) is 0 Å². The Morgan fingerprint density at radius 2 is 1.80 bits per heavy atom. The van der Waals surface area contributed by atoms with Gasteiger partial charge in [-0.2, -0.15) is 0 Å². The Morgan fingerprint density at radius 1 is 1.20 bits per heavy atom. The predicted molar refractivity (Wildman–Crippen MR) is 97.5 cm³/mol. The highest BCUT2D eigenvalue weighted by molar-refractivity contribution is 5.70. The molecule has 0 aromatic heterocycles. The number of cyclic esters (lactones) is 1. The molecule has 0 aliphatic carbocycles.